The van der Waals surface area contributed by atoms with Crippen LogP contribution in [0.15, 0.2) is 18.2 Å². The molecule has 2 fully saturated rings. The summed E-state index contributed by atoms with van der Waals surface area (Å²) < 4.78 is 13.3. The summed E-state index contributed by atoms with van der Waals surface area (Å²) in [5, 5.41) is 2.63. The summed E-state index contributed by atoms with van der Waals surface area (Å²) in [5.74, 6) is -0.571. The van der Waals surface area contributed by atoms with Crippen LogP contribution >= 0.6 is 11.6 Å². The van der Waals surface area contributed by atoms with Gasteiger partial charge in [-0.3, -0.25) is 4.79 Å². The highest BCUT2D eigenvalue weighted by atomic mass is 35.5. The van der Waals surface area contributed by atoms with E-state index < -0.39 is 11.9 Å². The number of amides is 3. The van der Waals surface area contributed by atoms with Crippen LogP contribution in [-0.2, 0) is 4.79 Å². The Hall–Kier alpha value is -1.86. The van der Waals surface area contributed by atoms with Crippen molar-refractivity contribution < 1.29 is 14.0 Å². The molecule has 6 nitrogen and oxygen atoms in total. The maximum Gasteiger partial charge on any atom is 0.322 e. The number of piperazine rings is 1. The molecule has 1 N–H and O–H groups in total. The molecule has 0 saturated carbocycles. The van der Waals surface area contributed by atoms with E-state index in [1.165, 1.54) is 42.4 Å². The number of piperidine rings is 1. The summed E-state index contributed by atoms with van der Waals surface area (Å²) in [6.45, 7) is 6.81. The highest BCUT2D eigenvalue weighted by Crippen LogP contribution is 2.21. The van der Waals surface area contributed by atoms with E-state index in [0.29, 0.717) is 18.8 Å². The van der Waals surface area contributed by atoms with Gasteiger partial charge in [-0.25, -0.2) is 9.18 Å². The molecule has 2 aliphatic heterocycles. The van der Waals surface area contributed by atoms with Crippen molar-refractivity contribution in [2.24, 2.45) is 0 Å². The minimum absolute atomic E-state index is 0.0304. The van der Waals surface area contributed by atoms with Gasteiger partial charge in [0.25, 0.3) is 0 Å². The summed E-state index contributed by atoms with van der Waals surface area (Å²) >= 11 is 5.75. The Morgan fingerprint density at radius 2 is 1.93 bits per heavy atom. The molecule has 1 unspecified atom stereocenters. The SMILES string of the molecule is CC1C(=O)N(CCCN2CCCCC2)CCN1C(=O)Nc1ccc(F)c(Cl)c1. The third-order valence-electron chi connectivity index (χ3n) is 5.53. The van der Waals surface area contributed by atoms with Crippen LogP contribution in [0.5, 0.6) is 0 Å². The Bertz CT molecular complexity index is 711. The molecule has 1 atom stereocenters. The van der Waals surface area contributed by atoms with Crippen molar-refractivity contribution in [1.29, 1.82) is 0 Å². The van der Waals surface area contributed by atoms with Gasteiger partial charge in [0.05, 0.1) is 5.02 Å². The van der Waals surface area contributed by atoms with Gasteiger partial charge in [-0.05, 0) is 64.0 Å². The van der Waals surface area contributed by atoms with E-state index in [2.05, 4.69) is 10.2 Å². The Morgan fingerprint density at radius 3 is 2.64 bits per heavy atom. The van der Waals surface area contributed by atoms with E-state index in [0.717, 1.165) is 32.6 Å². The summed E-state index contributed by atoms with van der Waals surface area (Å²) in [4.78, 5) is 31.1. The number of urea groups is 1. The number of rotatable bonds is 5. The molecule has 3 rings (SSSR count). The standard InChI is InChI=1S/C20H28ClFN4O2/c1-15-19(27)25(11-5-10-24-8-3-2-4-9-24)12-13-26(15)20(28)23-16-6-7-18(22)17(21)14-16/h6-7,14-15H,2-5,8-13H2,1H3,(H,23,28). The van der Waals surface area contributed by atoms with Gasteiger partial charge >= 0.3 is 6.03 Å². The molecule has 3 amide bonds. The monoisotopic (exact) mass is 410 g/mol. The second-order valence-corrected chi connectivity index (χ2v) is 7.92. The first-order valence-corrected chi connectivity index (χ1v) is 10.4. The molecule has 2 saturated heterocycles. The summed E-state index contributed by atoms with van der Waals surface area (Å²) in [6, 6.07) is 3.10. The molecule has 1 aromatic carbocycles. The van der Waals surface area contributed by atoms with E-state index in [1.54, 1.807) is 6.92 Å². The predicted octanol–water partition coefficient (Wildman–Crippen LogP) is 3.42. The zero-order chi connectivity index (χ0) is 20.1. The number of hydrogen-bond donors (Lipinski definition) is 1. The highest BCUT2D eigenvalue weighted by Gasteiger charge is 2.34. The normalized spacial score (nSPS) is 21.1. The number of carbonyl (C=O) groups excluding carboxylic acids is 2. The number of likely N-dealkylation sites (tertiary alicyclic amines) is 1. The van der Waals surface area contributed by atoms with Gasteiger partial charge < -0.3 is 20.0 Å². The zero-order valence-electron chi connectivity index (χ0n) is 16.3. The van der Waals surface area contributed by atoms with Crippen molar-refractivity contribution in [3.63, 3.8) is 0 Å². The van der Waals surface area contributed by atoms with E-state index >= 15 is 0 Å². The van der Waals surface area contributed by atoms with Gasteiger partial charge in [-0.15, -0.1) is 0 Å². The quantitative estimate of drug-likeness (QED) is 0.809. The lowest BCUT2D eigenvalue weighted by molar-refractivity contribution is -0.139. The Labute approximate surface area is 170 Å². The minimum atomic E-state index is -0.540. The van der Waals surface area contributed by atoms with Gasteiger partial charge in [0, 0.05) is 25.3 Å². The fourth-order valence-corrected chi connectivity index (χ4v) is 4.05. The largest absolute Gasteiger partial charge is 0.339 e. The minimum Gasteiger partial charge on any atom is -0.339 e. The zero-order valence-corrected chi connectivity index (χ0v) is 17.1. The van der Waals surface area contributed by atoms with Crippen LogP contribution in [-0.4, -0.2) is 71.9 Å². The van der Waals surface area contributed by atoms with E-state index in [4.69, 9.17) is 11.6 Å². The molecule has 0 aliphatic carbocycles. The number of halogens is 2. The maximum absolute atomic E-state index is 13.3. The molecule has 0 aromatic heterocycles. The van der Waals surface area contributed by atoms with E-state index in [9.17, 15) is 14.0 Å². The van der Waals surface area contributed by atoms with Crippen LogP contribution in [0.25, 0.3) is 0 Å². The fraction of sp³-hybridized carbons (Fsp3) is 0.600. The van der Waals surface area contributed by atoms with Crippen molar-refractivity contribution in [3.8, 4) is 0 Å². The molecule has 1 aromatic rings. The van der Waals surface area contributed by atoms with Crippen LogP contribution in [0.3, 0.4) is 0 Å². The van der Waals surface area contributed by atoms with Crippen LogP contribution in [0.2, 0.25) is 5.02 Å². The summed E-state index contributed by atoms with van der Waals surface area (Å²) in [5.41, 5.74) is 0.403. The topological polar surface area (TPSA) is 55.9 Å². The molecule has 0 radical (unpaired) electrons. The van der Waals surface area contributed by atoms with Crippen molar-refractivity contribution >= 4 is 29.2 Å². The van der Waals surface area contributed by atoms with Crippen LogP contribution < -0.4 is 5.32 Å². The summed E-state index contributed by atoms with van der Waals surface area (Å²) in [6.07, 6.45) is 4.81. The molecule has 28 heavy (non-hydrogen) atoms. The maximum atomic E-state index is 13.3. The lowest BCUT2D eigenvalue weighted by atomic mass is 10.1. The Balaban J connectivity index is 1.48. The van der Waals surface area contributed by atoms with Crippen LogP contribution in [0, 0.1) is 5.82 Å². The molecule has 2 heterocycles. The average molecular weight is 411 g/mol. The van der Waals surface area contributed by atoms with Gasteiger partial charge in [-0.1, -0.05) is 18.0 Å². The van der Waals surface area contributed by atoms with Gasteiger partial charge in [0.2, 0.25) is 5.91 Å². The number of nitrogens with zero attached hydrogens (tertiary/aromatic N) is 3. The number of carbonyl (C=O) groups is 2. The van der Waals surface area contributed by atoms with Gasteiger partial charge in [0.1, 0.15) is 11.9 Å². The predicted molar refractivity (Wildman–Crippen MR) is 108 cm³/mol. The molecule has 154 valence electrons. The first-order valence-electron chi connectivity index (χ1n) is 9.99. The molecule has 0 spiro atoms. The number of benzene rings is 1. The fourth-order valence-electron chi connectivity index (χ4n) is 3.87. The average Bonchev–Trinajstić information content (AvgIpc) is 2.69. The first-order chi connectivity index (χ1) is 13.5. The molecular weight excluding hydrogens is 383 g/mol. The number of nitrogens with one attached hydrogen (secondary N) is 1. The van der Waals surface area contributed by atoms with Crippen LogP contribution in [0.1, 0.15) is 32.6 Å². The molecule has 2 aliphatic rings. The Kier molecular flexibility index (Phi) is 7.13. The second-order valence-electron chi connectivity index (χ2n) is 7.51. The Morgan fingerprint density at radius 1 is 1.18 bits per heavy atom. The highest BCUT2D eigenvalue weighted by molar-refractivity contribution is 6.31. The third kappa shape index (κ3) is 5.14. The van der Waals surface area contributed by atoms with Crippen LogP contribution in [0.4, 0.5) is 14.9 Å². The third-order valence-corrected chi connectivity index (χ3v) is 5.82. The van der Waals surface area contributed by atoms with Crippen molar-refractivity contribution in [2.75, 3.05) is 44.6 Å². The smallest absolute Gasteiger partial charge is 0.322 e. The molecular formula is C20H28ClFN4O2. The second kappa shape index (κ2) is 9.56. The van der Waals surface area contributed by atoms with Crippen molar-refractivity contribution in [1.82, 2.24) is 14.7 Å². The number of hydrogen-bond acceptors (Lipinski definition) is 3. The van der Waals surface area contributed by atoms with Gasteiger partial charge in [-0.2, -0.15) is 0 Å². The lowest BCUT2D eigenvalue weighted by Crippen LogP contribution is -2.58. The van der Waals surface area contributed by atoms with E-state index in [1.807, 2.05) is 4.90 Å². The molecule has 8 heteroatoms. The van der Waals surface area contributed by atoms with Crippen molar-refractivity contribution in [3.05, 3.63) is 29.0 Å². The number of anilines is 1. The van der Waals surface area contributed by atoms with Crippen molar-refractivity contribution in [2.45, 2.75) is 38.6 Å². The molecule has 0 bridgehead atoms. The summed E-state index contributed by atoms with van der Waals surface area (Å²) in [7, 11) is 0. The van der Waals surface area contributed by atoms with E-state index in [-0.39, 0.29) is 17.0 Å². The lowest BCUT2D eigenvalue weighted by Gasteiger charge is -2.39. The first kappa shape index (κ1) is 20.9. The van der Waals surface area contributed by atoms with Gasteiger partial charge in [0.15, 0.2) is 0 Å².